The summed E-state index contributed by atoms with van der Waals surface area (Å²) in [6, 6.07) is 10.3. The first-order chi connectivity index (χ1) is 12.9. The number of hydrogen-bond donors (Lipinski definition) is 1. The maximum absolute atomic E-state index is 12.4. The number of ether oxygens (including phenoxy) is 2. The van der Waals surface area contributed by atoms with E-state index in [-0.39, 0.29) is 11.5 Å². The summed E-state index contributed by atoms with van der Waals surface area (Å²) in [5.41, 5.74) is 2.00. The van der Waals surface area contributed by atoms with Crippen LogP contribution in [0.2, 0.25) is 0 Å². The van der Waals surface area contributed by atoms with Crippen molar-refractivity contribution in [1.82, 2.24) is 0 Å². The second-order valence-electron chi connectivity index (χ2n) is 6.60. The normalized spacial score (nSPS) is 11.1. The molecular formula is C22H25ClO4. The van der Waals surface area contributed by atoms with Crippen molar-refractivity contribution in [2.45, 2.75) is 20.3 Å². The minimum Gasteiger partial charge on any atom is -0.508 e. The number of phenols is 1. The van der Waals surface area contributed by atoms with Crippen LogP contribution in [0.1, 0.15) is 35.3 Å². The van der Waals surface area contributed by atoms with Crippen LogP contribution in [0, 0.1) is 5.92 Å². The van der Waals surface area contributed by atoms with Gasteiger partial charge in [-0.15, -0.1) is 11.6 Å². The van der Waals surface area contributed by atoms with Gasteiger partial charge in [0, 0.05) is 11.4 Å². The summed E-state index contributed by atoms with van der Waals surface area (Å²) in [5.74, 6) is 2.11. The molecule has 0 aliphatic heterocycles. The first kappa shape index (κ1) is 20.8. The number of carbonyl (C=O) groups excluding carboxylic acids is 1. The minimum atomic E-state index is -0.148. The molecule has 0 spiro atoms. The van der Waals surface area contributed by atoms with Gasteiger partial charge in [-0.1, -0.05) is 26.0 Å². The molecule has 0 saturated heterocycles. The second kappa shape index (κ2) is 10.0. The van der Waals surface area contributed by atoms with Crippen LogP contribution in [-0.2, 0) is 6.42 Å². The van der Waals surface area contributed by atoms with Gasteiger partial charge in [-0.05, 0) is 59.9 Å². The van der Waals surface area contributed by atoms with Crippen LogP contribution in [0.15, 0.2) is 42.5 Å². The smallest absolute Gasteiger partial charge is 0.185 e. The van der Waals surface area contributed by atoms with Crippen LogP contribution < -0.4 is 9.47 Å². The lowest BCUT2D eigenvalue weighted by Crippen LogP contribution is -2.05. The number of aromatic hydroxyl groups is 1. The quantitative estimate of drug-likeness (QED) is 0.368. The van der Waals surface area contributed by atoms with Crippen LogP contribution in [0.4, 0.5) is 0 Å². The van der Waals surface area contributed by atoms with E-state index in [9.17, 15) is 9.90 Å². The fraction of sp³-hybridized carbons (Fsp3) is 0.318. The van der Waals surface area contributed by atoms with Crippen LogP contribution in [-0.4, -0.2) is 30.5 Å². The van der Waals surface area contributed by atoms with Crippen molar-refractivity contribution in [1.29, 1.82) is 0 Å². The van der Waals surface area contributed by atoms with E-state index in [4.69, 9.17) is 21.1 Å². The van der Waals surface area contributed by atoms with Crippen molar-refractivity contribution >= 4 is 23.5 Å². The van der Waals surface area contributed by atoms with E-state index >= 15 is 0 Å². The molecule has 4 nitrogen and oxygen atoms in total. The Bertz CT molecular complexity index is 812. The molecular weight excluding hydrogens is 364 g/mol. The van der Waals surface area contributed by atoms with Crippen LogP contribution >= 0.6 is 11.6 Å². The molecule has 27 heavy (non-hydrogen) atoms. The van der Waals surface area contributed by atoms with Gasteiger partial charge >= 0.3 is 0 Å². The number of aryl methyl sites for hydroxylation is 1. The Hall–Kier alpha value is -2.46. The highest BCUT2D eigenvalue weighted by Crippen LogP contribution is 2.29. The largest absolute Gasteiger partial charge is 0.508 e. The molecule has 2 aromatic carbocycles. The van der Waals surface area contributed by atoms with Crippen LogP contribution in [0.3, 0.4) is 0 Å². The molecule has 0 aliphatic rings. The number of alkyl halides is 1. The third-order valence-electron chi connectivity index (χ3n) is 3.91. The zero-order valence-electron chi connectivity index (χ0n) is 15.9. The summed E-state index contributed by atoms with van der Waals surface area (Å²) >= 11 is 5.73. The lowest BCUT2D eigenvalue weighted by Gasteiger charge is -2.12. The van der Waals surface area contributed by atoms with Crippen molar-refractivity contribution in [2.75, 3.05) is 19.6 Å². The van der Waals surface area contributed by atoms with E-state index in [1.165, 1.54) is 12.1 Å². The summed E-state index contributed by atoms with van der Waals surface area (Å²) in [7, 11) is 1.59. The Labute approximate surface area is 165 Å². The average molecular weight is 389 g/mol. The molecule has 1 N–H and O–H groups in total. The molecule has 0 saturated carbocycles. The molecule has 0 radical (unpaired) electrons. The standard InChI is InChI=1S/C22H25ClO4/c1-15(2)14-27-21-9-5-16(12-22(21)26-3)4-7-19(24)17-6-8-20(25)18(13-17)10-11-23/h4-9,12-13,15,25H,10-11,14H2,1-3H3. The number of methoxy groups -OCH3 is 1. The summed E-state index contributed by atoms with van der Waals surface area (Å²) in [4.78, 5) is 12.4. The van der Waals surface area contributed by atoms with E-state index in [2.05, 4.69) is 13.8 Å². The van der Waals surface area contributed by atoms with Crippen molar-refractivity contribution in [3.63, 3.8) is 0 Å². The zero-order valence-corrected chi connectivity index (χ0v) is 16.6. The van der Waals surface area contributed by atoms with Crippen molar-refractivity contribution in [3.05, 3.63) is 59.2 Å². The molecule has 0 aromatic heterocycles. The van der Waals surface area contributed by atoms with Crippen molar-refractivity contribution in [2.24, 2.45) is 5.92 Å². The predicted molar refractivity (Wildman–Crippen MR) is 109 cm³/mol. The Kier molecular flexibility index (Phi) is 7.74. The van der Waals surface area contributed by atoms with E-state index < -0.39 is 0 Å². The second-order valence-corrected chi connectivity index (χ2v) is 6.97. The Morgan fingerprint density at radius 3 is 2.63 bits per heavy atom. The van der Waals surface area contributed by atoms with Gasteiger partial charge in [0.2, 0.25) is 0 Å². The molecule has 0 unspecified atom stereocenters. The van der Waals surface area contributed by atoms with E-state index in [0.717, 1.165) is 5.56 Å². The van der Waals surface area contributed by atoms with Crippen LogP contribution in [0.5, 0.6) is 17.2 Å². The number of ketones is 1. The topological polar surface area (TPSA) is 55.8 Å². The minimum absolute atomic E-state index is 0.148. The number of hydrogen-bond acceptors (Lipinski definition) is 4. The SMILES string of the molecule is COc1cc(C=CC(=O)c2ccc(O)c(CCCl)c2)ccc1OCC(C)C. The Balaban J connectivity index is 2.15. The highest BCUT2D eigenvalue weighted by molar-refractivity contribution is 6.18. The summed E-state index contributed by atoms with van der Waals surface area (Å²) in [5, 5.41) is 9.80. The summed E-state index contributed by atoms with van der Waals surface area (Å²) in [6.07, 6.45) is 3.73. The molecule has 0 amide bonds. The number of benzene rings is 2. The number of carbonyl (C=O) groups is 1. The highest BCUT2D eigenvalue weighted by Gasteiger charge is 2.08. The molecule has 0 aliphatic carbocycles. The molecule has 0 bridgehead atoms. The third-order valence-corrected chi connectivity index (χ3v) is 4.10. The van der Waals surface area contributed by atoms with Gasteiger partial charge in [-0.2, -0.15) is 0 Å². The Morgan fingerprint density at radius 1 is 1.19 bits per heavy atom. The Morgan fingerprint density at radius 2 is 1.96 bits per heavy atom. The molecule has 2 rings (SSSR count). The molecule has 0 atom stereocenters. The maximum Gasteiger partial charge on any atom is 0.185 e. The lowest BCUT2D eigenvalue weighted by molar-refractivity contribution is 0.104. The van der Waals surface area contributed by atoms with E-state index in [1.54, 1.807) is 25.3 Å². The molecule has 0 fully saturated rings. The fourth-order valence-corrected chi connectivity index (χ4v) is 2.68. The summed E-state index contributed by atoms with van der Waals surface area (Å²) < 4.78 is 11.1. The monoisotopic (exact) mass is 388 g/mol. The molecule has 2 aromatic rings. The number of rotatable bonds is 9. The van der Waals surface area contributed by atoms with Gasteiger partial charge in [0.05, 0.1) is 13.7 Å². The first-order valence-electron chi connectivity index (χ1n) is 8.85. The number of allylic oxidation sites excluding steroid dienone is 1. The maximum atomic E-state index is 12.4. The van der Waals surface area contributed by atoms with E-state index in [0.29, 0.717) is 47.5 Å². The highest BCUT2D eigenvalue weighted by atomic mass is 35.5. The van der Waals surface area contributed by atoms with Gasteiger partial charge in [0.1, 0.15) is 5.75 Å². The van der Waals surface area contributed by atoms with Crippen LogP contribution in [0.25, 0.3) is 6.08 Å². The van der Waals surface area contributed by atoms with Crippen molar-refractivity contribution < 1.29 is 19.4 Å². The molecule has 5 heteroatoms. The molecule has 0 heterocycles. The number of halogens is 1. The van der Waals surface area contributed by atoms with Crippen molar-refractivity contribution in [3.8, 4) is 17.2 Å². The third kappa shape index (κ3) is 6.04. The van der Waals surface area contributed by atoms with Gasteiger partial charge in [0.25, 0.3) is 0 Å². The van der Waals surface area contributed by atoms with Gasteiger partial charge in [0.15, 0.2) is 17.3 Å². The average Bonchev–Trinajstić information content (AvgIpc) is 2.66. The van der Waals surface area contributed by atoms with Gasteiger partial charge in [-0.3, -0.25) is 4.79 Å². The number of phenolic OH excluding ortho intramolecular Hbond substituents is 1. The lowest BCUT2D eigenvalue weighted by atomic mass is 10.0. The van der Waals surface area contributed by atoms with Gasteiger partial charge < -0.3 is 14.6 Å². The van der Waals surface area contributed by atoms with E-state index in [1.807, 2.05) is 18.2 Å². The van der Waals surface area contributed by atoms with Gasteiger partial charge in [-0.25, -0.2) is 0 Å². The first-order valence-corrected chi connectivity index (χ1v) is 9.39. The predicted octanol–water partition coefficient (Wildman–Crippen LogP) is 5.11. The fourth-order valence-electron chi connectivity index (χ4n) is 2.47. The zero-order chi connectivity index (χ0) is 19.8. The molecule has 144 valence electrons. The summed E-state index contributed by atoms with van der Waals surface area (Å²) in [6.45, 7) is 4.77.